The molecule has 16 heavy (non-hydrogen) atoms. The first-order valence-corrected chi connectivity index (χ1v) is 5.47. The summed E-state index contributed by atoms with van der Waals surface area (Å²) in [5.41, 5.74) is 5.53. The van der Waals surface area contributed by atoms with Gasteiger partial charge in [-0.05, 0) is 12.1 Å². The number of rotatable bonds is 3. The van der Waals surface area contributed by atoms with Crippen molar-refractivity contribution in [3.63, 3.8) is 0 Å². The SMILES string of the molecule is COS(=O)(=O)OC.NC(=O)c1ccccc1. The molecule has 90 valence electrons. The van der Waals surface area contributed by atoms with E-state index in [4.69, 9.17) is 5.73 Å². The quantitative estimate of drug-likeness (QED) is 0.829. The fourth-order valence-corrected chi connectivity index (χ4v) is 0.807. The Hall–Kier alpha value is -1.44. The van der Waals surface area contributed by atoms with E-state index >= 15 is 0 Å². The Labute approximate surface area is 94.3 Å². The van der Waals surface area contributed by atoms with Gasteiger partial charge in [0.25, 0.3) is 0 Å². The summed E-state index contributed by atoms with van der Waals surface area (Å²) in [6.45, 7) is 0. The lowest BCUT2D eigenvalue weighted by Gasteiger charge is -1.91. The summed E-state index contributed by atoms with van der Waals surface area (Å²) < 4.78 is 27.5. The van der Waals surface area contributed by atoms with Crippen LogP contribution in [0.15, 0.2) is 30.3 Å². The van der Waals surface area contributed by atoms with Crippen LogP contribution in [-0.4, -0.2) is 28.5 Å². The van der Waals surface area contributed by atoms with Crippen LogP contribution in [0.25, 0.3) is 0 Å². The number of nitrogens with two attached hydrogens (primary N) is 1. The van der Waals surface area contributed by atoms with Crippen LogP contribution in [-0.2, 0) is 18.8 Å². The van der Waals surface area contributed by atoms with E-state index in [9.17, 15) is 13.2 Å². The molecule has 0 radical (unpaired) electrons. The molecular weight excluding hydrogens is 234 g/mol. The third kappa shape index (κ3) is 6.12. The number of amides is 1. The van der Waals surface area contributed by atoms with E-state index in [0.717, 1.165) is 14.2 Å². The number of benzene rings is 1. The van der Waals surface area contributed by atoms with E-state index in [-0.39, 0.29) is 5.91 Å². The van der Waals surface area contributed by atoms with Gasteiger partial charge in [-0.3, -0.25) is 13.2 Å². The van der Waals surface area contributed by atoms with Crippen molar-refractivity contribution in [3.05, 3.63) is 35.9 Å². The number of primary amides is 1. The molecule has 0 aliphatic rings. The van der Waals surface area contributed by atoms with Crippen LogP contribution < -0.4 is 5.73 Å². The van der Waals surface area contributed by atoms with Crippen LogP contribution in [0.4, 0.5) is 0 Å². The van der Waals surface area contributed by atoms with E-state index in [1.54, 1.807) is 24.3 Å². The van der Waals surface area contributed by atoms with Crippen molar-refractivity contribution in [2.24, 2.45) is 5.73 Å². The Morgan fingerprint density at radius 2 is 1.56 bits per heavy atom. The summed E-state index contributed by atoms with van der Waals surface area (Å²) in [5, 5.41) is 0. The third-order valence-electron chi connectivity index (χ3n) is 1.47. The molecule has 7 heteroatoms. The normalized spacial score (nSPS) is 10.1. The zero-order chi connectivity index (χ0) is 12.6. The van der Waals surface area contributed by atoms with Crippen molar-refractivity contribution in [1.29, 1.82) is 0 Å². The van der Waals surface area contributed by atoms with Crippen LogP contribution in [0.2, 0.25) is 0 Å². The number of hydrogen-bond donors (Lipinski definition) is 1. The molecule has 0 saturated heterocycles. The fraction of sp³-hybridized carbons (Fsp3) is 0.222. The van der Waals surface area contributed by atoms with Gasteiger partial charge in [0.15, 0.2) is 0 Å². The first-order chi connectivity index (χ1) is 7.43. The summed E-state index contributed by atoms with van der Waals surface area (Å²) in [6, 6.07) is 8.76. The number of carbonyl (C=O) groups is 1. The van der Waals surface area contributed by atoms with Crippen molar-refractivity contribution >= 4 is 16.3 Å². The van der Waals surface area contributed by atoms with E-state index in [0.29, 0.717) is 5.56 Å². The monoisotopic (exact) mass is 247 g/mol. The Balaban J connectivity index is 0.000000293. The summed E-state index contributed by atoms with van der Waals surface area (Å²) in [5.74, 6) is -0.379. The molecule has 0 heterocycles. The molecule has 0 spiro atoms. The molecule has 0 bridgehead atoms. The highest BCUT2D eigenvalue weighted by Gasteiger charge is 2.01. The van der Waals surface area contributed by atoms with Gasteiger partial charge in [0.2, 0.25) is 5.91 Å². The standard InChI is InChI=1S/C7H7NO.C2H6O4S/c8-7(9)6-4-2-1-3-5-6;1-5-7(3,4)6-2/h1-5H,(H2,8,9);1-2H3. The van der Waals surface area contributed by atoms with Crippen LogP contribution in [0.3, 0.4) is 0 Å². The molecule has 1 amide bonds. The average molecular weight is 247 g/mol. The first kappa shape index (κ1) is 14.6. The predicted octanol–water partition coefficient (Wildman–Crippen LogP) is 0.310. The van der Waals surface area contributed by atoms with Gasteiger partial charge in [0.05, 0.1) is 14.2 Å². The predicted molar refractivity (Wildman–Crippen MR) is 57.9 cm³/mol. The zero-order valence-electron chi connectivity index (χ0n) is 8.91. The van der Waals surface area contributed by atoms with Gasteiger partial charge in [0.1, 0.15) is 0 Å². The molecule has 1 aromatic rings. The van der Waals surface area contributed by atoms with Crippen LogP contribution in [0.1, 0.15) is 10.4 Å². The Bertz CT molecular complexity index is 405. The van der Waals surface area contributed by atoms with Crippen molar-refractivity contribution in [3.8, 4) is 0 Å². The van der Waals surface area contributed by atoms with Crippen molar-refractivity contribution in [2.75, 3.05) is 14.2 Å². The summed E-state index contributed by atoms with van der Waals surface area (Å²) >= 11 is 0. The van der Waals surface area contributed by atoms with Gasteiger partial charge in [-0.25, -0.2) is 0 Å². The summed E-state index contributed by atoms with van der Waals surface area (Å²) in [4.78, 5) is 10.4. The highest BCUT2D eigenvalue weighted by Crippen LogP contribution is 1.94. The Kier molecular flexibility index (Phi) is 6.31. The minimum atomic E-state index is -3.66. The first-order valence-electron chi connectivity index (χ1n) is 4.14. The molecule has 0 fully saturated rings. The zero-order valence-corrected chi connectivity index (χ0v) is 9.73. The number of carbonyl (C=O) groups excluding carboxylic acids is 1. The van der Waals surface area contributed by atoms with Gasteiger partial charge in [-0.2, -0.15) is 8.42 Å². The van der Waals surface area contributed by atoms with Crippen LogP contribution >= 0.6 is 0 Å². The minimum Gasteiger partial charge on any atom is -0.366 e. The third-order valence-corrected chi connectivity index (χ3v) is 2.28. The van der Waals surface area contributed by atoms with E-state index in [2.05, 4.69) is 8.37 Å². The molecule has 0 unspecified atom stereocenters. The maximum absolute atomic E-state index is 10.4. The molecule has 0 aliphatic carbocycles. The second-order valence-electron chi connectivity index (χ2n) is 2.47. The topological polar surface area (TPSA) is 95.7 Å². The van der Waals surface area contributed by atoms with Gasteiger partial charge >= 0.3 is 10.4 Å². The highest BCUT2D eigenvalue weighted by molar-refractivity contribution is 7.81. The van der Waals surface area contributed by atoms with Crippen LogP contribution in [0, 0.1) is 0 Å². The lowest BCUT2D eigenvalue weighted by Crippen LogP contribution is -2.09. The van der Waals surface area contributed by atoms with E-state index in [1.807, 2.05) is 6.07 Å². The highest BCUT2D eigenvalue weighted by atomic mass is 32.3. The molecular formula is C9H13NO5S. The second kappa shape index (κ2) is 6.94. The van der Waals surface area contributed by atoms with Gasteiger partial charge in [-0.15, -0.1) is 0 Å². The average Bonchev–Trinajstić information content (AvgIpc) is 2.31. The van der Waals surface area contributed by atoms with Crippen molar-refractivity contribution < 1.29 is 21.6 Å². The Morgan fingerprint density at radius 1 is 1.12 bits per heavy atom. The maximum atomic E-state index is 10.4. The largest absolute Gasteiger partial charge is 0.399 e. The van der Waals surface area contributed by atoms with Gasteiger partial charge < -0.3 is 5.73 Å². The maximum Gasteiger partial charge on any atom is 0.399 e. The minimum absolute atomic E-state index is 0.379. The van der Waals surface area contributed by atoms with Gasteiger partial charge in [-0.1, -0.05) is 18.2 Å². The number of hydrogen-bond acceptors (Lipinski definition) is 5. The van der Waals surface area contributed by atoms with E-state index < -0.39 is 10.4 Å². The molecule has 0 aromatic heterocycles. The summed E-state index contributed by atoms with van der Waals surface area (Å²) in [7, 11) is -1.60. The lowest BCUT2D eigenvalue weighted by atomic mass is 10.2. The molecule has 1 aromatic carbocycles. The van der Waals surface area contributed by atoms with Crippen LogP contribution in [0.5, 0.6) is 0 Å². The van der Waals surface area contributed by atoms with Crippen molar-refractivity contribution in [2.45, 2.75) is 0 Å². The molecule has 0 aliphatic heterocycles. The van der Waals surface area contributed by atoms with Gasteiger partial charge in [0, 0.05) is 5.56 Å². The molecule has 6 nitrogen and oxygen atoms in total. The lowest BCUT2D eigenvalue weighted by molar-refractivity contribution is 0.1000. The van der Waals surface area contributed by atoms with E-state index in [1.165, 1.54) is 0 Å². The van der Waals surface area contributed by atoms with Crippen molar-refractivity contribution in [1.82, 2.24) is 0 Å². The molecule has 0 saturated carbocycles. The molecule has 2 N–H and O–H groups in total. The fourth-order valence-electron chi connectivity index (χ4n) is 0.670. The summed E-state index contributed by atoms with van der Waals surface area (Å²) in [6.07, 6.45) is 0. The smallest absolute Gasteiger partial charge is 0.366 e. The molecule has 0 atom stereocenters. The molecule has 1 rings (SSSR count). The Morgan fingerprint density at radius 3 is 1.75 bits per heavy atom. The second-order valence-corrected chi connectivity index (χ2v) is 3.96.